The van der Waals surface area contributed by atoms with Crippen molar-refractivity contribution in [1.29, 1.82) is 0 Å². The van der Waals surface area contributed by atoms with E-state index in [1.165, 1.54) is 0 Å². The fraction of sp³-hybridized carbons (Fsp3) is 0.625. The molecule has 1 saturated heterocycles. The number of ether oxygens (including phenoxy) is 3. The SMILES string of the molecule is COc1ccc(C(O)CN2CCC(OC)CC2)cc1OC. The van der Waals surface area contributed by atoms with Gasteiger partial charge in [0, 0.05) is 26.7 Å². The minimum Gasteiger partial charge on any atom is -0.493 e. The Kier molecular flexibility index (Phi) is 5.85. The van der Waals surface area contributed by atoms with Gasteiger partial charge in [0.05, 0.1) is 26.4 Å². The molecule has 0 radical (unpaired) electrons. The lowest BCUT2D eigenvalue weighted by Crippen LogP contribution is -2.38. The van der Waals surface area contributed by atoms with Gasteiger partial charge in [-0.3, -0.25) is 0 Å². The van der Waals surface area contributed by atoms with E-state index < -0.39 is 6.10 Å². The Bertz CT molecular complexity index is 444. The molecule has 1 atom stereocenters. The summed E-state index contributed by atoms with van der Waals surface area (Å²) in [6, 6.07) is 5.55. The lowest BCUT2D eigenvalue weighted by atomic mass is 10.0. The molecule has 5 nitrogen and oxygen atoms in total. The molecule has 0 spiro atoms. The van der Waals surface area contributed by atoms with Gasteiger partial charge in [0.1, 0.15) is 0 Å². The molecule has 21 heavy (non-hydrogen) atoms. The summed E-state index contributed by atoms with van der Waals surface area (Å²) in [5.74, 6) is 1.32. The second-order valence-electron chi connectivity index (χ2n) is 5.37. The van der Waals surface area contributed by atoms with Crippen molar-refractivity contribution < 1.29 is 19.3 Å². The van der Waals surface area contributed by atoms with Gasteiger partial charge >= 0.3 is 0 Å². The maximum Gasteiger partial charge on any atom is 0.161 e. The summed E-state index contributed by atoms with van der Waals surface area (Å²) in [7, 11) is 4.97. The van der Waals surface area contributed by atoms with Crippen LogP contribution in [0.15, 0.2) is 18.2 Å². The van der Waals surface area contributed by atoms with Gasteiger partial charge < -0.3 is 24.2 Å². The molecule has 1 unspecified atom stereocenters. The monoisotopic (exact) mass is 295 g/mol. The van der Waals surface area contributed by atoms with E-state index in [2.05, 4.69) is 4.90 Å². The molecule has 0 saturated carbocycles. The van der Waals surface area contributed by atoms with E-state index in [4.69, 9.17) is 14.2 Å². The molecule has 0 bridgehead atoms. The molecule has 1 heterocycles. The smallest absolute Gasteiger partial charge is 0.161 e. The Labute approximate surface area is 126 Å². The normalized spacial score (nSPS) is 18.5. The highest BCUT2D eigenvalue weighted by Crippen LogP contribution is 2.30. The Morgan fingerprint density at radius 2 is 1.81 bits per heavy atom. The second-order valence-corrected chi connectivity index (χ2v) is 5.37. The van der Waals surface area contributed by atoms with Gasteiger partial charge in [0.2, 0.25) is 0 Å². The highest BCUT2D eigenvalue weighted by atomic mass is 16.5. The largest absolute Gasteiger partial charge is 0.493 e. The van der Waals surface area contributed by atoms with Crippen molar-refractivity contribution in [3.63, 3.8) is 0 Å². The Morgan fingerprint density at radius 3 is 2.38 bits per heavy atom. The number of piperidine rings is 1. The number of likely N-dealkylation sites (tertiary alicyclic amines) is 1. The molecule has 5 heteroatoms. The number of aliphatic hydroxyl groups excluding tert-OH is 1. The van der Waals surface area contributed by atoms with E-state index in [0.29, 0.717) is 24.1 Å². The Hall–Kier alpha value is -1.30. The molecule has 1 N–H and O–H groups in total. The van der Waals surface area contributed by atoms with Gasteiger partial charge in [0.15, 0.2) is 11.5 Å². The van der Waals surface area contributed by atoms with E-state index in [0.717, 1.165) is 31.5 Å². The standard InChI is InChI=1S/C16H25NO4/c1-19-13-6-8-17(9-7-13)11-14(18)12-4-5-15(20-2)16(10-12)21-3/h4-5,10,13-14,18H,6-9,11H2,1-3H3. The van der Waals surface area contributed by atoms with Crippen molar-refractivity contribution in [2.45, 2.75) is 25.0 Å². The summed E-state index contributed by atoms with van der Waals surface area (Å²) in [6.45, 7) is 2.55. The van der Waals surface area contributed by atoms with Crippen LogP contribution >= 0.6 is 0 Å². The first-order valence-corrected chi connectivity index (χ1v) is 7.33. The third kappa shape index (κ3) is 4.09. The van der Waals surface area contributed by atoms with Crippen molar-refractivity contribution in [2.75, 3.05) is 41.0 Å². The Balaban J connectivity index is 1.95. The molecule has 0 aromatic heterocycles. The molecule has 118 valence electrons. The van der Waals surface area contributed by atoms with Gasteiger partial charge in [-0.1, -0.05) is 6.07 Å². The zero-order chi connectivity index (χ0) is 15.2. The minimum absolute atomic E-state index is 0.361. The van der Waals surface area contributed by atoms with Gasteiger partial charge in [-0.15, -0.1) is 0 Å². The first-order valence-electron chi connectivity index (χ1n) is 7.33. The first kappa shape index (κ1) is 16.1. The fourth-order valence-electron chi connectivity index (χ4n) is 2.74. The fourth-order valence-corrected chi connectivity index (χ4v) is 2.74. The lowest BCUT2D eigenvalue weighted by Gasteiger charge is -2.32. The van der Waals surface area contributed by atoms with Crippen LogP contribution in [0.25, 0.3) is 0 Å². The quantitative estimate of drug-likeness (QED) is 0.868. The van der Waals surface area contributed by atoms with Gasteiger partial charge in [0.25, 0.3) is 0 Å². The molecular formula is C16H25NO4. The summed E-state index contributed by atoms with van der Waals surface area (Å²) in [6.07, 6.45) is 1.88. The average Bonchev–Trinajstić information content (AvgIpc) is 2.54. The van der Waals surface area contributed by atoms with E-state index in [1.807, 2.05) is 18.2 Å². The van der Waals surface area contributed by atoms with Crippen LogP contribution in [0.4, 0.5) is 0 Å². The third-order valence-electron chi connectivity index (χ3n) is 4.09. The maximum atomic E-state index is 10.4. The topological polar surface area (TPSA) is 51.2 Å². The Morgan fingerprint density at radius 1 is 1.14 bits per heavy atom. The molecule has 0 aliphatic carbocycles. The summed E-state index contributed by atoms with van der Waals surface area (Å²) in [5.41, 5.74) is 0.849. The molecule has 1 aliphatic rings. The van der Waals surface area contributed by atoms with Gasteiger partial charge in [-0.2, -0.15) is 0 Å². The number of benzene rings is 1. The number of hydrogen-bond acceptors (Lipinski definition) is 5. The maximum absolute atomic E-state index is 10.4. The molecular weight excluding hydrogens is 270 g/mol. The first-order chi connectivity index (χ1) is 10.2. The van der Waals surface area contributed by atoms with Crippen molar-refractivity contribution >= 4 is 0 Å². The van der Waals surface area contributed by atoms with Gasteiger partial charge in [-0.05, 0) is 30.5 Å². The molecule has 0 amide bonds. The van der Waals surface area contributed by atoms with Gasteiger partial charge in [-0.25, -0.2) is 0 Å². The summed E-state index contributed by atoms with van der Waals surface area (Å²) in [4.78, 5) is 2.27. The van der Waals surface area contributed by atoms with Crippen LogP contribution in [0.2, 0.25) is 0 Å². The van der Waals surface area contributed by atoms with Crippen molar-refractivity contribution in [3.8, 4) is 11.5 Å². The molecule has 1 aromatic rings. The lowest BCUT2D eigenvalue weighted by molar-refractivity contribution is 0.0242. The van der Waals surface area contributed by atoms with E-state index in [-0.39, 0.29) is 0 Å². The highest BCUT2D eigenvalue weighted by Gasteiger charge is 2.21. The summed E-state index contributed by atoms with van der Waals surface area (Å²) >= 11 is 0. The van der Waals surface area contributed by atoms with E-state index >= 15 is 0 Å². The van der Waals surface area contributed by atoms with Crippen LogP contribution < -0.4 is 9.47 Å². The second kappa shape index (κ2) is 7.64. The number of aliphatic hydroxyl groups is 1. The van der Waals surface area contributed by atoms with Crippen LogP contribution in [0.5, 0.6) is 11.5 Å². The zero-order valence-corrected chi connectivity index (χ0v) is 13.0. The third-order valence-corrected chi connectivity index (χ3v) is 4.09. The van der Waals surface area contributed by atoms with Crippen LogP contribution in [0.3, 0.4) is 0 Å². The van der Waals surface area contributed by atoms with E-state index in [9.17, 15) is 5.11 Å². The summed E-state index contributed by atoms with van der Waals surface area (Å²) in [5, 5.41) is 10.4. The van der Waals surface area contributed by atoms with Crippen molar-refractivity contribution in [1.82, 2.24) is 4.90 Å². The molecule has 2 rings (SSSR count). The summed E-state index contributed by atoms with van der Waals surface area (Å²) < 4.78 is 15.9. The van der Waals surface area contributed by atoms with E-state index in [1.54, 1.807) is 21.3 Å². The van der Waals surface area contributed by atoms with Crippen LogP contribution in [0.1, 0.15) is 24.5 Å². The minimum atomic E-state index is -0.524. The molecule has 1 fully saturated rings. The predicted octanol–water partition coefficient (Wildman–Crippen LogP) is 1.85. The average molecular weight is 295 g/mol. The highest BCUT2D eigenvalue weighted by molar-refractivity contribution is 5.43. The number of β-amino-alcohol motifs (C(OH)–C–C–N with tert-alkyl or cyclic N) is 1. The van der Waals surface area contributed by atoms with Crippen molar-refractivity contribution in [3.05, 3.63) is 23.8 Å². The molecule has 1 aromatic carbocycles. The van der Waals surface area contributed by atoms with Crippen molar-refractivity contribution in [2.24, 2.45) is 0 Å². The molecule has 1 aliphatic heterocycles. The van der Waals surface area contributed by atoms with Crippen LogP contribution in [0, 0.1) is 0 Å². The van der Waals surface area contributed by atoms with Crippen LogP contribution in [-0.2, 0) is 4.74 Å². The number of rotatable bonds is 6. The zero-order valence-electron chi connectivity index (χ0n) is 13.0. The number of methoxy groups -OCH3 is 3. The number of nitrogens with zero attached hydrogens (tertiary/aromatic N) is 1. The van der Waals surface area contributed by atoms with Crippen LogP contribution in [-0.4, -0.2) is 57.1 Å². The number of hydrogen-bond donors (Lipinski definition) is 1. The predicted molar refractivity (Wildman–Crippen MR) is 81.0 cm³/mol.